The summed E-state index contributed by atoms with van der Waals surface area (Å²) in [6.07, 6.45) is 17.8. The second-order valence-corrected chi connectivity index (χ2v) is 22.1. The van der Waals surface area contributed by atoms with Crippen molar-refractivity contribution in [2.45, 2.75) is 0 Å². The quantitative estimate of drug-likeness (QED) is 0.0491. The molecule has 0 fully saturated rings. The van der Waals surface area contributed by atoms with E-state index < -0.39 is 15.8 Å². The second kappa shape index (κ2) is 24.0. The molecule has 4 heteroatoms. The molecule has 342 valence electrons. The number of fused-ring (bicyclic) bond motifs is 10. The first kappa shape index (κ1) is 50.1. The average Bonchev–Trinajstić information content (AvgIpc) is 3.42. The molecule has 0 N–H and O–H groups in total. The zero-order valence-electron chi connectivity index (χ0n) is 38.3. The fourth-order valence-electron chi connectivity index (χ4n) is 9.68. The summed E-state index contributed by atoms with van der Waals surface area (Å²) < 4.78 is 0. The van der Waals surface area contributed by atoms with Crippen LogP contribution in [0.1, 0.15) is 11.1 Å². The molecule has 0 atom stereocenters. The van der Waals surface area contributed by atoms with Crippen molar-refractivity contribution in [1.82, 2.24) is 0 Å². The summed E-state index contributed by atoms with van der Waals surface area (Å²) in [5.74, 6) is 5.21. The molecule has 0 amide bonds. The van der Waals surface area contributed by atoms with Gasteiger partial charge in [0.1, 0.15) is 12.3 Å². The maximum Gasteiger partial charge on any atom is 1.00 e. The molecule has 0 saturated heterocycles. The van der Waals surface area contributed by atoms with Gasteiger partial charge >= 0.3 is 44.8 Å². The summed E-state index contributed by atoms with van der Waals surface area (Å²) in [5.41, 5.74) is 1.71. The van der Waals surface area contributed by atoms with Crippen LogP contribution in [0.2, 0.25) is 0 Å². The SMILES string of the molecule is [Ag+].[Ag+].[C-]#Cc1cc2ccccc2c2ccc3ccccc3c12.[C-]#Cc1cc2ccccc2c2ccc3ccccc3c12.c1ccc([PH+](CC[PH+](c2ccccc2)c2ccccc2)c2ccccc2)cc1. The molecule has 0 nitrogen and oxygen atoms in total. The molecule has 12 rings (SSSR count). The Kier molecular flexibility index (Phi) is 17.2. The predicted molar refractivity (Wildman–Crippen MR) is 301 cm³/mol. The summed E-state index contributed by atoms with van der Waals surface area (Å²) in [6.45, 7) is 0. The van der Waals surface area contributed by atoms with Crippen LogP contribution in [-0.2, 0) is 44.8 Å². The molecule has 70 heavy (non-hydrogen) atoms. The first-order valence-electron chi connectivity index (χ1n) is 23.1. The monoisotopic (exact) mass is 1120 g/mol. The van der Waals surface area contributed by atoms with Gasteiger partial charge in [0.15, 0.2) is 0 Å². The minimum Gasteiger partial charge on any atom is -0.366 e. The maximum atomic E-state index is 7.63. The molecule has 0 aliphatic heterocycles. The molecule has 0 unspecified atom stereocenters. The molecule has 0 heterocycles. The first-order chi connectivity index (χ1) is 33.7. The Bertz CT molecular complexity index is 3440. The second-order valence-electron chi connectivity index (χ2n) is 16.9. The third kappa shape index (κ3) is 10.8. The topological polar surface area (TPSA) is 0 Å². The van der Waals surface area contributed by atoms with E-state index in [4.69, 9.17) is 12.8 Å². The molecule has 12 aromatic rings. The maximum absolute atomic E-state index is 7.63. The van der Waals surface area contributed by atoms with E-state index in [9.17, 15) is 0 Å². The zero-order valence-corrected chi connectivity index (χ0v) is 43.2. The van der Waals surface area contributed by atoms with E-state index in [1.807, 2.05) is 36.4 Å². The van der Waals surface area contributed by atoms with Gasteiger partial charge in [0.05, 0.1) is 37.1 Å². The molecular formula is C66H48Ag2P2+2. The van der Waals surface area contributed by atoms with Crippen molar-refractivity contribution in [1.29, 1.82) is 0 Å². The smallest absolute Gasteiger partial charge is 0.366 e. The van der Waals surface area contributed by atoms with Gasteiger partial charge in [0.25, 0.3) is 0 Å². The van der Waals surface area contributed by atoms with Gasteiger partial charge in [0, 0.05) is 0 Å². The molecule has 0 aromatic heterocycles. The molecular weight excluding hydrogens is 1070 g/mol. The Labute approximate surface area is 445 Å². The third-order valence-corrected chi connectivity index (χ3v) is 19.0. The van der Waals surface area contributed by atoms with Crippen LogP contribution in [0.4, 0.5) is 0 Å². The van der Waals surface area contributed by atoms with Crippen LogP contribution < -0.4 is 21.2 Å². The van der Waals surface area contributed by atoms with Crippen molar-refractivity contribution >= 4 is 102 Å². The van der Waals surface area contributed by atoms with Crippen LogP contribution in [0.25, 0.3) is 64.6 Å². The van der Waals surface area contributed by atoms with Gasteiger partial charge in [-0.3, -0.25) is 11.8 Å². The van der Waals surface area contributed by atoms with Gasteiger partial charge in [-0.05, 0) is 102 Å². The molecule has 0 aliphatic carbocycles. The Balaban J connectivity index is 0.000000142. The number of hydrogen-bond donors (Lipinski definition) is 0. The van der Waals surface area contributed by atoms with Crippen LogP contribution >= 0.6 is 15.8 Å². The Morgan fingerprint density at radius 1 is 0.271 bits per heavy atom. The van der Waals surface area contributed by atoms with Crippen molar-refractivity contribution in [3.05, 3.63) is 279 Å². The minimum absolute atomic E-state index is 0. The van der Waals surface area contributed by atoms with E-state index in [1.165, 1.54) is 76.6 Å². The standard InChI is InChI=1S/C26H24P2.2C20H11.2Ag/c1-5-13-23(14-6-1)27(24-15-7-2-8-16-24)21-22-28(25-17-9-3-10-18-25)26-19-11-4-12-20-26;2*1-2-14-13-16-8-4-5-9-17(16)19-12-11-15-7-3-6-10-18(15)20(14)19;;/h1-20H,21-22H2;2*3-13H;;/q;2*-1;2*+1/p+2. The van der Waals surface area contributed by atoms with Crippen LogP contribution in [0.5, 0.6) is 0 Å². The van der Waals surface area contributed by atoms with E-state index in [0.717, 1.165) is 32.7 Å². The van der Waals surface area contributed by atoms with E-state index in [2.05, 4.69) is 230 Å². The van der Waals surface area contributed by atoms with Crippen LogP contribution in [0.3, 0.4) is 0 Å². The first-order valence-corrected chi connectivity index (χ1v) is 26.5. The summed E-state index contributed by atoms with van der Waals surface area (Å²) in [6, 6.07) is 90.5. The van der Waals surface area contributed by atoms with Gasteiger partial charge in [-0.15, -0.1) is 23.3 Å². The molecule has 0 radical (unpaired) electrons. The van der Waals surface area contributed by atoms with Gasteiger partial charge < -0.3 is 12.8 Å². The third-order valence-electron chi connectivity index (χ3n) is 12.9. The molecule has 12 aromatic carbocycles. The normalized spacial score (nSPS) is 10.7. The molecule has 0 saturated carbocycles. The van der Waals surface area contributed by atoms with E-state index in [0.29, 0.717) is 0 Å². The summed E-state index contributed by atoms with van der Waals surface area (Å²) in [7, 11) is -1.57. The van der Waals surface area contributed by atoms with Crippen molar-refractivity contribution in [3.63, 3.8) is 0 Å². The van der Waals surface area contributed by atoms with Crippen molar-refractivity contribution in [2.75, 3.05) is 12.3 Å². The largest absolute Gasteiger partial charge is 1.00 e. The van der Waals surface area contributed by atoms with Crippen molar-refractivity contribution in [2.24, 2.45) is 0 Å². The van der Waals surface area contributed by atoms with Crippen LogP contribution in [-0.4, -0.2) is 12.3 Å². The van der Waals surface area contributed by atoms with Gasteiger partial charge in [-0.25, -0.2) is 0 Å². The Morgan fingerprint density at radius 2 is 0.543 bits per heavy atom. The molecule has 0 aliphatic rings. The van der Waals surface area contributed by atoms with Gasteiger partial charge in [-0.2, -0.15) is 0 Å². The fourth-order valence-corrected chi connectivity index (χ4v) is 15.9. The van der Waals surface area contributed by atoms with Gasteiger partial charge in [-0.1, -0.05) is 205 Å². The van der Waals surface area contributed by atoms with E-state index in [1.54, 1.807) is 0 Å². The number of rotatable bonds is 7. The summed E-state index contributed by atoms with van der Waals surface area (Å²) in [4.78, 5) is 0. The fraction of sp³-hybridized carbons (Fsp3) is 0.0303. The molecule has 0 bridgehead atoms. The van der Waals surface area contributed by atoms with E-state index >= 15 is 0 Å². The van der Waals surface area contributed by atoms with Gasteiger partial charge in [0.2, 0.25) is 0 Å². The summed E-state index contributed by atoms with van der Waals surface area (Å²) >= 11 is 0. The number of hydrogen-bond acceptors (Lipinski definition) is 0. The van der Waals surface area contributed by atoms with E-state index in [-0.39, 0.29) is 44.8 Å². The Morgan fingerprint density at radius 3 is 0.857 bits per heavy atom. The van der Waals surface area contributed by atoms with Crippen molar-refractivity contribution in [3.8, 4) is 11.8 Å². The average molecular weight is 1120 g/mol. The molecule has 0 spiro atoms. The summed E-state index contributed by atoms with van der Waals surface area (Å²) in [5, 5.41) is 20.2. The van der Waals surface area contributed by atoms with Crippen LogP contribution in [0, 0.1) is 24.7 Å². The van der Waals surface area contributed by atoms with Crippen LogP contribution in [0.15, 0.2) is 255 Å². The zero-order chi connectivity index (χ0) is 46.1. The predicted octanol–water partition coefficient (Wildman–Crippen LogP) is 14.9. The van der Waals surface area contributed by atoms with Crippen molar-refractivity contribution < 1.29 is 44.8 Å². The minimum atomic E-state index is -0.783. The number of benzene rings is 12. The Hall–Kier alpha value is -6.34.